The lowest BCUT2D eigenvalue weighted by atomic mass is 10.2. The molecule has 9 heteroatoms. The molecule has 2 aromatic carbocycles. The molecule has 3 aromatic rings. The lowest BCUT2D eigenvalue weighted by Gasteiger charge is -2.10. The van der Waals surface area contributed by atoms with E-state index in [1.54, 1.807) is 53.9 Å². The van der Waals surface area contributed by atoms with E-state index in [1.807, 2.05) is 13.0 Å². The molecular weight excluding hydrogens is 432 g/mol. The molecule has 0 bridgehead atoms. The van der Waals surface area contributed by atoms with E-state index >= 15 is 0 Å². The maximum absolute atomic E-state index is 12.1. The van der Waals surface area contributed by atoms with Gasteiger partial charge < -0.3 is 18.9 Å². The number of ether oxygens (including phenoxy) is 4. The predicted molar refractivity (Wildman–Crippen MR) is 121 cm³/mol. The van der Waals surface area contributed by atoms with Crippen LogP contribution in [-0.2, 0) is 4.79 Å². The van der Waals surface area contributed by atoms with Gasteiger partial charge in [0.15, 0.2) is 29.6 Å². The summed E-state index contributed by atoms with van der Waals surface area (Å²) in [5.41, 5.74) is 3.04. The highest BCUT2D eigenvalue weighted by molar-refractivity contribution is 7.12. The molecule has 166 valence electrons. The van der Waals surface area contributed by atoms with Crippen molar-refractivity contribution in [2.75, 3.05) is 20.3 Å². The van der Waals surface area contributed by atoms with E-state index in [2.05, 4.69) is 10.5 Å². The maximum Gasteiger partial charge on any atom is 0.353 e. The summed E-state index contributed by atoms with van der Waals surface area (Å²) < 4.78 is 21.6. The summed E-state index contributed by atoms with van der Waals surface area (Å²) in [5.74, 6) is 0.803. The third-order valence-corrected chi connectivity index (χ3v) is 4.87. The van der Waals surface area contributed by atoms with Gasteiger partial charge in [0.25, 0.3) is 5.91 Å². The first-order chi connectivity index (χ1) is 15.6. The van der Waals surface area contributed by atoms with Crippen LogP contribution in [0, 0.1) is 0 Å². The number of benzene rings is 2. The largest absolute Gasteiger partial charge is 0.493 e. The molecule has 1 heterocycles. The van der Waals surface area contributed by atoms with E-state index in [1.165, 1.54) is 24.7 Å². The number of carbonyl (C=O) groups excluding carboxylic acids is 2. The Labute approximate surface area is 189 Å². The van der Waals surface area contributed by atoms with Crippen molar-refractivity contribution in [1.29, 1.82) is 0 Å². The van der Waals surface area contributed by atoms with Crippen LogP contribution in [0.5, 0.6) is 23.0 Å². The first kappa shape index (κ1) is 22.8. The molecule has 0 aliphatic carbocycles. The van der Waals surface area contributed by atoms with Crippen LogP contribution < -0.4 is 24.4 Å². The Balaban J connectivity index is 1.54. The van der Waals surface area contributed by atoms with Crippen LogP contribution in [0.4, 0.5) is 0 Å². The minimum Gasteiger partial charge on any atom is -0.493 e. The zero-order chi connectivity index (χ0) is 22.8. The second-order valence-corrected chi connectivity index (χ2v) is 7.19. The lowest BCUT2D eigenvalue weighted by molar-refractivity contribution is -0.123. The van der Waals surface area contributed by atoms with Gasteiger partial charge in [-0.1, -0.05) is 18.2 Å². The number of hydrogen-bond acceptors (Lipinski definition) is 8. The molecule has 0 aliphatic rings. The third kappa shape index (κ3) is 6.32. The number of nitrogens with zero attached hydrogens (tertiary/aromatic N) is 1. The van der Waals surface area contributed by atoms with E-state index in [-0.39, 0.29) is 12.4 Å². The summed E-state index contributed by atoms with van der Waals surface area (Å²) in [5, 5.41) is 5.72. The predicted octanol–water partition coefficient (Wildman–Crippen LogP) is 3.90. The second kappa shape index (κ2) is 11.5. The minimum absolute atomic E-state index is 0.220. The smallest absolute Gasteiger partial charge is 0.353 e. The van der Waals surface area contributed by atoms with Crippen molar-refractivity contribution in [2.24, 2.45) is 5.10 Å². The summed E-state index contributed by atoms with van der Waals surface area (Å²) in [6.07, 6.45) is 1.44. The number of methoxy groups -OCH3 is 1. The first-order valence-electron chi connectivity index (χ1n) is 9.71. The molecule has 0 radical (unpaired) electrons. The molecule has 8 nitrogen and oxygen atoms in total. The molecule has 0 unspecified atom stereocenters. The Hall–Kier alpha value is -3.85. The highest BCUT2D eigenvalue weighted by Gasteiger charge is 2.13. The van der Waals surface area contributed by atoms with Crippen molar-refractivity contribution in [2.45, 2.75) is 6.92 Å². The normalized spacial score (nSPS) is 10.6. The summed E-state index contributed by atoms with van der Waals surface area (Å²) in [6.45, 7) is 2.14. The minimum atomic E-state index is -0.460. The van der Waals surface area contributed by atoms with Crippen molar-refractivity contribution < 1.29 is 28.5 Å². The zero-order valence-electron chi connectivity index (χ0n) is 17.6. The lowest BCUT2D eigenvalue weighted by Crippen LogP contribution is -2.24. The van der Waals surface area contributed by atoms with Crippen molar-refractivity contribution in [1.82, 2.24) is 5.43 Å². The van der Waals surface area contributed by atoms with Crippen LogP contribution in [0.15, 0.2) is 65.1 Å². The Morgan fingerprint density at radius 2 is 1.78 bits per heavy atom. The van der Waals surface area contributed by atoms with E-state index < -0.39 is 11.9 Å². The number of hydrazone groups is 1. The van der Waals surface area contributed by atoms with Gasteiger partial charge in [-0.15, -0.1) is 11.3 Å². The summed E-state index contributed by atoms with van der Waals surface area (Å²) in [7, 11) is 1.47. The zero-order valence-corrected chi connectivity index (χ0v) is 18.4. The van der Waals surface area contributed by atoms with Crippen LogP contribution in [0.2, 0.25) is 0 Å². The number of hydrogen-bond donors (Lipinski definition) is 1. The van der Waals surface area contributed by atoms with Gasteiger partial charge in [-0.3, -0.25) is 4.79 Å². The van der Waals surface area contributed by atoms with Crippen molar-refractivity contribution in [3.05, 3.63) is 70.4 Å². The Bertz CT molecular complexity index is 1080. The van der Waals surface area contributed by atoms with Gasteiger partial charge in [0.1, 0.15) is 4.88 Å². The van der Waals surface area contributed by atoms with Crippen molar-refractivity contribution in [3.63, 3.8) is 0 Å². The highest BCUT2D eigenvalue weighted by Crippen LogP contribution is 2.29. The molecule has 0 aliphatic heterocycles. The molecule has 1 amide bonds. The quantitative estimate of drug-likeness (QED) is 0.216. The van der Waals surface area contributed by atoms with Gasteiger partial charge in [-0.05, 0) is 54.3 Å². The van der Waals surface area contributed by atoms with Gasteiger partial charge >= 0.3 is 5.97 Å². The Kier molecular flexibility index (Phi) is 8.22. The number of carbonyl (C=O) groups is 2. The van der Waals surface area contributed by atoms with Crippen LogP contribution in [0.1, 0.15) is 22.2 Å². The average Bonchev–Trinajstić information content (AvgIpc) is 3.35. The number of nitrogens with one attached hydrogen (secondary N) is 1. The average molecular weight is 455 g/mol. The molecular formula is C23H22N2O6S. The Morgan fingerprint density at radius 3 is 2.47 bits per heavy atom. The molecule has 0 fully saturated rings. The third-order valence-electron chi connectivity index (χ3n) is 4.02. The molecule has 0 spiro atoms. The molecule has 0 saturated carbocycles. The van der Waals surface area contributed by atoms with Crippen molar-refractivity contribution in [3.8, 4) is 23.0 Å². The van der Waals surface area contributed by atoms with E-state index in [0.717, 1.165) is 0 Å². The highest BCUT2D eigenvalue weighted by atomic mass is 32.1. The van der Waals surface area contributed by atoms with Crippen LogP contribution in [0.3, 0.4) is 0 Å². The molecule has 32 heavy (non-hydrogen) atoms. The standard InChI is InChI=1S/C23H22N2O6S/c1-3-29-17-7-4-5-8-18(17)30-15-22(26)25-24-14-16-10-11-19(20(13-16)28-2)31-23(27)21-9-6-12-32-21/h4-14H,3,15H2,1-2H3,(H,25,26)/b24-14-. The van der Waals surface area contributed by atoms with Gasteiger partial charge in [0.2, 0.25) is 0 Å². The number of para-hydroxylation sites is 2. The van der Waals surface area contributed by atoms with Crippen LogP contribution >= 0.6 is 11.3 Å². The van der Waals surface area contributed by atoms with E-state index in [9.17, 15) is 9.59 Å². The number of thiophene rings is 1. The Morgan fingerprint density at radius 1 is 1.00 bits per heavy atom. The van der Waals surface area contributed by atoms with Gasteiger partial charge in [0, 0.05) is 0 Å². The molecule has 1 aromatic heterocycles. The molecule has 0 atom stereocenters. The summed E-state index contributed by atoms with van der Waals surface area (Å²) in [4.78, 5) is 24.6. The summed E-state index contributed by atoms with van der Waals surface area (Å²) >= 11 is 1.29. The second-order valence-electron chi connectivity index (χ2n) is 6.24. The summed E-state index contributed by atoms with van der Waals surface area (Å²) in [6, 6.07) is 15.5. The van der Waals surface area contributed by atoms with E-state index in [4.69, 9.17) is 18.9 Å². The van der Waals surface area contributed by atoms with Crippen molar-refractivity contribution >= 4 is 29.4 Å². The maximum atomic E-state index is 12.1. The fourth-order valence-electron chi connectivity index (χ4n) is 2.59. The van der Waals surface area contributed by atoms with E-state index in [0.29, 0.717) is 34.3 Å². The molecule has 3 rings (SSSR count). The monoisotopic (exact) mass is 454 g/mol. The van der Waals surface area contributed by atoms with Crippen LogP contribution in [-0.4, -0.2) is 38.4 Å². The fraction of sp³-hybridized carbons (Fsp3) is 0.174. The first-order valence-corrected chi connectivity index (χ1v) is 10.6. The number of rotatable bonds is 10. The number of amides is 1. The topological polar surface area (TPSA) is 95.5 Å². The molecule has 0 saturated heterocycles. The van der Waals surface area contributed by atoms with Crippen LogP contribution in [0.25, 0.3) is 0 Å². The molecule has 1 N–H and O–H groups in total. The van der Waals surface area contributed by atoms with Gasteiger partial charge in [-0.25, -0.2) is 10.2 Å². The fourth-order valence-corrected chi connectivity index (χ4v) is 3.19. The van der Waals surface area contributed by atoms with Gasteiger partial charge in [-0.2, -0.15) is 5.10 Å². The number of esters is 1. The van der Waals surface area contributed by atoms with Gasteiger partial charge in [0.05, 0.1) is 19.9 Å². The SMILES string of the molecule is CCOc1ccccc1OCC(=O)N/N=C\c1ccc(OC(=O)c2cccs2)c(OC)c1.